The lowest BCUT2D eigenvalue weighted by Gasteiger charge is -2.10. The third kappa shape index (κ3) is 10.5. The summed E-state index contributed by atoms with van der Waals surface area (Å²) in [7, 11) is 3.18. The Morgan fingerprint density at radius 2 is 1.21 bits per heavy atom. The SMILES string of the molecule is COC(C)CCOC(=O)CC(=O)OCCC(C)OC. The van der Waals surface area contributed by atoms with Gasteiger partial charge in [-0.25, -0.2) is 0 Å². The fourth-order valence-corrected chi connectivity index (χ4v) is 1.13. The zero-order valence-corrected chi connectivity index (χ0v) is 12.1. The van der Waals surface area contributed by atoms with Gasteiger partial charge < -0.3 is 18.9 Å². The van der Waals surface area contributed by atoms with Gasteiger partial charge in [-0.2, -0.15) is 0 Å². The molecule has 0 bridgehead atoms. The molecular formula is C13H24O6. The number of hydrogen-bond acceptors (Lipinski definition) is 6. The van der Waals surface area contributed by atoms with E-state index < -0.39 is 11.9 Å². The van der Waals surface area contributed by atoms with Crippen LogP contribution in [0.1, 0.15) is 33.1 Å². The van der Waals surface area contributed by atoms with Crippen LogP contribution in [0.25, 0.3) is 0 Å². The van der Waals surface area contributed by atoms with Crippen molar-refractivity contribution in [2.45, 2.75) is 45.3 Å². The third-order valence-electron chi connectivity index (χ3n) is 2.67. The lowest BCUT2D eigenvalue weighted by Crippen LogP contribution is -2.18. The summed E-state index contributed by atoms with van der Waals surface area (Å²) in [6, 6.07) is 0. The molecule has 0 spiro atoms. The molecule has 0 aliphatic rings. The molecule has 0 rings (SSSR count). The van der Waals surface area contributed by atoms with Crippen molar-refractivity contribution < 1.29 is 28.5 Å². The average Bonchev–Trinajstić information content (AvgIpc) is 2.37. The molecular weight excluding hydrogens is 252 g/mol. The summed E-state index contributed by atoms with van der Waals surface area (Å²) in [5.41, 5.74) is 0. The van der Waals surface area contributed by atoms with Crippen LogP contribution >= 0.6 is 0 Å². The minimum absolute atomic E-state index is 0.0234. The molecule has 0 N–H and O–H groups in total. The fourth-order valence-electron chi connectivity index (χ4n) is 1.13. The van der Waals surface area contributed by atoms with Crippen LogP contribution in [0.3, 0.4) is 0 Å². The van der Waals surface area contributed by atoms with E-state index >= 15 is 0 Å². The Hall–Kier alpha value is -1.14. The van der Waals surface area contributed by atoms with Gasteiger partial charge in [0.05, 0.1) is 25.4 Å². The van der Waals surface area contributed by atoms with E-state index in [1.54, 1.807) is 14.2 Å². The first-order chi connectivity index (χ1) is 8.99. The number of carbonyl (C=O) groups excluding carboxylic acids is 2. The summed E-state index contributed by atoms with van der Waals surface area (Å²) in [5, 5.41) is 0. The predicted molar refractivity (Wildman–Crippen MR) is 68.7 cm³/mol. The topological polar surface area (TPSA) is 71.1 Å². The highest BCUT2D eigenvalue weighted by Crippen LogP contribution is 2.00. The normalized spacial score (nSPS) is 13.7. The molecule has 0 aliphatic heterocycles. The molecule has 6 nitrogen and oxygen atoms in total. The quantitative estimate of drug-likeness (QED) is 0.442. The third-order valence-corrected chi connectivity index (χ3v) is 2.67. The van der Waals surface area contributed by atoms with E-state index in [9.17, 15) is 9.59 Å². The van der Waals surface area contributed by atoms with Gasteiger partial charge in [-0.1, -0.05) is 0 Å². The van der Waals surface area contributed by atoms with Crippen LogP contribution in [-0.4, -0.2) is 51.6 Å². The highest BCUT2D eigenvalue weighted by molar-refractivity contribution is 5.91. The summed E-state index contributed by atoms with van der Waals surface area (Å²) in [4.78, 5) is 22.6. The van der Waals surface area contributed by atoms with E-state index in [1.807, 2.05) is 13.8 Å². The molecule has 19 heavy (non-hydrogen) atoms. The van der Waals surface area contributed by atoms with Crippen molar-refractivity contribution in [3.8, 4) is 0 Å². The summed E-state index contributed by atoms with van der Waals surface area (Å²) < 4.78 is 19.8. The highest BCUT2D eigenvalue weighted by Gasteiger charge is 2.13. The van der Waals surface area contributed by atoms with Crippen LogP contribution in [0.2, 0.25) is 0 Å². The first kappa shape index (κ1) is 17.9. The van der Waals surface area contributed by atoms with Gasteiger partial charge in [-0.3, -0.25) is 9.59 Å². The lowest BCUT2D eigenvalue weighted by molar-refractivity contribution is -0.155. The van der Waals surface area contributed by atoms with Crippen molar-refractivity contribution in [1.29, 1.82) is 0 Å². The van der Waals surface area contributed by atoms with Crippen molar-refractivity contribution in [2.75, 3.05) is 27.4 Å². The van der Waals surface area contributed by atoms with Gasteiger partial charge in [0.1, 0.15) is 6.42 Å². The molecule has 112 valence electrons. The number of carbonyl (C=O) groups is 2. The predicted octanol–water partition coefficient (Wildman–Crippen LogP) is 1.31. The maximum atomic E-state index is 11.3. The van der Waals surface area contributed by atoms with E-state index in [-0.39, 0.29) is 31.8 Å². The Kier molecular flexibility index (Phi) is 10.1. The molecule has 6 heteroatoms. The Labute approximate surface area is 114 Å². The smallest absolute Gasteiger partial charge is 0.317 e. The fraction of sp³-hybridized carbons (Fsp3) is 0.846. The summed E-state index contributed by atoms with van der Waals surface area (Å²) in [5.74, 6) is -1.15. The molecule has 2 atom stereocenters. The van der Waals surface area contributed by atoms with E-state index in [0.717, 1.165) is 0 Å². The summed E-state index contributed by atoms with van der Waals surface area (Å²) in [6.45, 7) is 4.22. The van der Waals surface area contributed by atoms with Crippen molar-refractivity contribution >= 4 is 11.9 Å². The Balaban J connectivity index is 3.61. The maximum absolute atomic E-state index is 11.3. The van der Waals surface area contributed by atoms with Gasteiger partial charge in [-0.05, 0) is 13.8 Å². The molecule has 0 saturated carbocycles. The number of methoxy groups -OCH3 is 2. The second-order valence-electron chi connectivity index (χ2n) is 4.29. The molecule has 0 aromatic heterocycles. The first-order valence-electron chi connectivity index (χ1n) is 6.36. The summed E-state index contributed by atoms with van der Waals surface area (Å²) >= 11 is 0. The van der Waals surface area contributed by atoms with Gasteiger partial charge in [0.25, 0.3) is 0 Å². The second-order valence-corrected chi connectivity index (χ2v) is 4.29. The van der Waals surface area contributed by atoms with Crippen LogP contribution < -0.4 is 0 Å². The number of esters is 2. The molecule has 0 aromatic rings. The minimum Gasteiger partial charge on any atom is -0.465 e. The zero-order valence-electron chi connectivity index (χ0n) is 12.1. The van der Waals surface area contributed by atoms with E-state index in [4.69, 9.17) is 18.9 Å². The molecule has 0 aromatic carbocycles. The maximum Gasteiger partial charge on any atom is 0.317 e. The average molecular weight is 276 g/mol. The Bertz CT molecular complexity index is 240. The van der Waals surface area contributed by atoms with E-state index in [1.165, 1.54) is 0 Å². The van der Waals surface area contributed by atoms with Gasteiger partial charge in [0.2, 0.25) is 0 Å². The first-order valence-corrected chi connectivity index (χ1v) is 6.36. The van der Waals surface area contributed by atoms with Gasteiger partial charge in [0, 0.05) is 27.1 Å². The van der Waals surface area contributed by atoms with Crippen molar-refractivity contribution in [3.63, 3.8) is 0 Å². The van der Waals surface area contributed by atoms with Crippen LogP contribution in [0.5, 0.6) is 0 Å². The number of hydrogen-bond donors (Lipinski definition) is 0. The monoisotopic (exact) mass is 276 g/mol. The molecule has 2 unspecified atom stereocenters. The molecule has 0 amide bonds. The molecule has 0 saturated heterocycles. The minimum atomic E-state index is -0.576. The van der Waals surface area contributed by atoms with Crippen LogP contribution in [-0.2, 0) is 28.5 Å². The van der Waals surface area contributed by atoms with Crippen LogP contribution in [0.15, 0.2) is 0 Å². The number of rotatable bonds is 10. The summed E-state index contributed by atoms with van der Waals surface area (Å²) in [6.07, 6.45) is 0.888. The van der Waals surface area contributed by atoms with E-state index in [0.29, 0.717) is 12.8 Å². The van der Waals surface area contributed by atoms with E-state index in [2.05, 4.69) is 0 Å². The highest BCUT2D eigenvalue weighted by atomic mass is 16.6. The van der Waals surface area contributed by atoms with Crippen LogP contribution in [0, 0.1) is 0 Å². The van der Waals surface area contributed by atoms with Crippen molar-refractivity contribution in [3.05, 3.63) is 0 Å². The van der Waals surface area contributed by atoms with Crippen LogP contribution in [0.4, 0.5) is 0 Å². The molecule has 0 radical (unpaired) electrons. The van der Waals surface area contributed by atoms with Crippen molar-refractivity contribution in [1.82, 2.24) is 0 Å². The Morgan fingerprint density at radius 3 is 1.53 bits per heavy atom. The molecule has 0 fully saturated rings. The largest absolute Gasteiger partial charge is 0.465 e. The number of ether oxygens (including phenoxy) is 4. The molecule has 0 heterocycles. The standard InChI is InChI=1S/C13H24O6/c1-10(16-3)5-7-18-12(14)9-13(15)19-8-6-11(2)17-4/h10-11H,5-9H2,1-4H3. The van der Waals surface area contributed by atoms with Crippen molar-refractivity contribution in [2.24, 2.45) is 0 Å². The molecule has 0 aliphatic carbocycles. The zero-order chi connectivity index (χ0) is 14.7. The van der Waals surface area contributed by atoms with Gasteiger partial charge in [0.15, 0.2) is 0 Å². The van der Waals surface area contributed by atoms with Gasteiger partial charge >= 0.3 is 11.9 Å². The lowest BCUT2D eigenvalue weighted by atomic mass is 10.3. The second kappa shape index (κ2) is 10.8. The van der Waals surface area contributed by atoms with Gasteiger partial charge in [-0.15, -0.1) is 0 Å². The Morgan fingerprint density at radius 1 is 0.842 bits per heavy atom.